The Morgan fingerprint density at radius 3 is 2.67 bits per heavy atom. The number of pyridine rings is 1. The maximum atomic E-state index is 12.1. The lowest BCUT2D eigenvalue weighted by atomic mass is 10.1. The highest BCUT2D eigenvalue weighted by Gasteiger charge is 2.06. The van der Waals surface area contributed by atoms with E-state index in [4.69, 9.17) is 5.11 Å². The van der Waals surface area contributed by atoms with Gasteiger partial charge in [0, 0.05) is 5.56 Å². The Morgan fingerprint density at radius 1 is 1.24 bits per heavy atom. The molecule has 0 aliphatic heterocycles. The molecule has 0 saturated heterocycles. The average Bonchev–Trinajstić information content (AvgIpc) is 2.53. The first-order chi connectivity index (χ1) is 10.2. The molecule has 0 radical (unpaired) electrons. The molecule has 4 heteroatoms. The Balaban J connectivity index is 2.11. The number of aliphatic hydroxyl groups is 1. The molecular formula is C17H16N2O2. The molecule has 21 heavy (non-hydrogen) atoms. The quantitative estimate of drug-likeness (QED) is 0.848. The summed E-state index contributed by atoms with van der Waals surface area (Å²) in [4.78, 5) is 16.3. The average molecular weight is 280 g/mol. The smallest absolute Gasteiger partial charge is 0.256 e. The van der Waals surface area contributed by atoms with Crippen LogP contribution in [0.2, 0.25) is 0 Å². The number of benzene rings is 1. The van der Waals surface area contributed by atoms with Crippen molar-refractivity contribution < 1.29 is 9.90 Å². The van der Waals surface area contributed by atoms with Crippen molar-refractivity contribution in [1.29, 1.82) is 0 Å². The summed E-state index contributed by atoms with van der Waals surface area (Å²) in [5.41, 5.74) is 2.27. The number of nitrogens with zero attached hydrogens (tertiary/aromatic N) is 1. The number of amides is 1. The maximum Gasteiger partial charge on any atom is 0.256 e. The van der Waals surface area contributed by atoms with Gasteiger partial charge in [-0.3, -0.25) is 4.79 Å². The molecule has 0 aliphatic rings. The summed E-state index contributed by atoms with van der Waals surface area (Å²) in [5, 5.41) is 11.4. The van der Waals surface area contributed by atoms with E-state index in [1.165, 1.54) is 5.56 Å². The second kappa shape index (κ2) is 7.22. The van der Waals surface area contributed by atoms with Crippen LogP contribution in [0.4, 0.5) is 5.82 Å². The SMILES string of the molecule is CCc1ccc(C(=O)Nc2cccc(C#CCO)n2)cc1. The van der Waals surface area contributed by atoms with Gasteiger partial charge in [-0.15, -0.1) is 0 Å². The summed E-state index contributed by atoms with van der Waals surface area (Å²) < 4.78 is 0. The van der Waals surface area contributed by atoms with Crippen LogP contribution in [-0.2, 0) is 6.42 Å². The van der Waals surface area contributed by atoms with E-state index in [1.54, 1.807) is 30.3 Å². The van der Waals surface area contributed by atoms with Crippen molar-refractivity contribution in [3.63, 3.8) is 0 Å². The number of nitrogens with one attached hydrogen (secondary N) is 1. The van der Waals surface area contributed by atoms with Gasteiger partial charge in [-0.1, -0.05) is 31.0 Å². The van der Waals surface area contributed by atoms with Gasteiger partial charge in [0.2, 0.25) is 0 Å². The molecule has 1 aromatic heterocycles. The predicted octanol–water partition coefficient (Wildman–Crippen LogP) is 2.24. The lowest BCUT2D eigenvalue weighted by Crippen LogP contribution is -2.13. The number of hydrogen-bond donors (Lipinski definition) is 2. The van der Waals surface area contributed by atoms with Gasteiger partial charge in [0.05, 0.1) is 0 Å². The van der Waals surface area contributed by atoms with Gasteiger partial charge < -0.3 is 10.4 Å². The minimum absolute atomic E-state index is 0.211. The van der Waals surface area contributed by atoms with Crippen molar-refractivity contribution in [3.8, 4) is 11.8 Å². The molecule has 0 spiro atoms. The fraction of sp³-hybridized carbons (Fsp3) is 0.176. The molecule has 0 atom stereocenters. The number of aliphatic hydroxyl groups excluding tert-OH is 1. The molecule has 0 aliphatic carbocycles. The van der Waals surface area contributed by atoms with E-state index >= 15 is 0 Å². The molecule has 2 aromatic rings. The van der Waals surface area contributed by atoms with Crippen molar-refractivity contribution in [2.75, 3.05) is 11.9 Å². The summed E-state index contributed by atoms with van der Waals surface area (Å²) >= 11 is 0. The van der Waals surface area contributed by atoms with Crippen LogP contribution >= 0.6 is 0 Å². The maximum absolute atomic E-state index is 12.1. The fourth-order valence-corrected chi connectivity index (χ4v) is 1.78. The number of aryl methyl sites for hydroxylation is 1. The summed E-state index contributed by atoms with van der Waals surface area (Å²) in [7, 11) is 0. The molecule has 1 heterocycles. The Bertz CT molecular complexity index is 682. The molecule has 0 fully saturated rings. The van der Waals surface area contributed by atoms with Crippen LogP contribution < -0.4 is 5.32 Å². The summed E-state index contributed by atoms with van der Waals surface area (Å²) in [6, 6.07) is 12.6. The second-order valence-corrected chi connectivity index (χ2v) is 4.37. The first kappa shape index (κ1) is 14.8. The van der Waals surface area contributed by atoms with Crippen LogP contribution in [0.1, 0.15) is 28.5 Å². The minimum atomic E-state index is -0.220. The molecule has 2 N–H and O–H groups in total. The van der Waals surface area contributed by atoms with Gasteiger partial charge in [-0.2, -0.15) is 0 Å². The van der Waals surface area contributed by atoms with Crippen molar-refractivity contribution >= 4 is 11.7 Å². The molecule has 0 saturated carbocycles. The van der Waals surface area contributed by atoms with E-state index in [0.717, 1.165) is 6.42 Å². The van der Waals surface area contributed by atoms with Crippen LogP contribution in [0.25, 0.3) is 0 Å². The topological polar surface area (TPSA) is 62.2 Å². The summed E-state index contributed by atoms with van der Waals surface area (Å²) in [5.74, 6) is 5.44. The third-order valence-electron chi connectivity index (χ3n) is 2.91. The highest BCUT2D eigenvalue weighted by molar-refractivity contribution is 6.03. The normalized spacial score (nSPS) is 9.62. The Morgan fingerprint density at radius 2 is 2.00 bits per heavy atom. The van der Waals surface area contributed by atoms with Gasteiger partial charge in [0.25, 0.3) is 5.91 Å². The molecule has 1 aromatic carbocycles. The molecule has 1 amide bonds. The van der Waals surface area contributed by atoms with Gasteiger partial charge in [-0.05, 0) is 42.2 Å². The van der Waals surface area contributed by atoms with Gasteiger partial charge in [0.1, 0.15) is 18.1 Å². The first-order valence-electron chi connectivity index (χ1n) is 6.70. The first-order valence-corrected chi connectivity index (χ1v) is 6.70. The van der Waals surface area contributed by atoms with Crippen LogP contribution in [0.5, 0.6) is 0 Å². The van der Waals surface area contributed by atoms with E-state index in [0.29, 0.717) is 17.1 Å². The number of rotatable bonds is 3. The molecular weight excluding hydrogens is 264 g/mol. The summed E-state index contributed by atoms with van der Waals surface area (Å²) in [6.07, 6.45) is 0.940. The Kier molecular flexibility index (Phi) is 5.08. The fourth-order valence-electron chi connectivity index (χ4n) is 1.78. The number of anilines is 1. The van der Waals surface area contributed by atoms with Gasteiger partial charge in [0.15, 0.2) is 0 Å². The Hall–Kier alpha value is -2.64. The van der Waals surface area contributed by atoms with Crippen LogP contribution in [0.3, 0.4) is 0 Å². The predicted molar refractivity (Wildman–Crippen MR) is 82.0 cm³/mol. The standard InChI is InChI=1S/C17H16N2O2/c1-2-13-8-10-14(11-9-13)17(21)19-16-7-3-5-15(18-16)6-4-12-20/h3,5,7-11,20H,2,12H2,1H3,(H,18,19,21). The minimum Gasteiger partial charge on any atom is -0.384 e. The van der Waals surface area contributed by atoms with Crippen LogP contribution in [0, 0.1) is 11.8 Å². The van der Waals surface area contributed by atoms with Crippen molar-refractivity contribution in [2.45, 2.75) is 13.3 Å². The van der Waals surface area contributed by atoms with Crippen LogP contribution in [-0.4, -0.2) is 22.6 Å². The van der Waals surface area contributed by atoms with E-state index in [9.17, 15) is 4.79 Å². The monoisotopic (exact) mass is 280 g/mol. The highest BCUT2D eigenvalue weighted by Crippen LogP contribution is 2.09. The molecule has 0 bridgehead atoms. The number of hydrogen-bond acceptors (Lipinski definition) is 3. The zero-order valence-corrected chi connectivity index (χ0v) is 11.8. The van der Waals surface area contributed by atoms with Gasteiger partial charge >= 0.3 is 0 Å². The van der Waals surface area contributed by atoms with Crippen LogP contribution in [0.15, 0.2) is 42.5 Å². The van der Waals surface area contributed by atoms with E-state index in [1.807, 2.05) is 12.1 Å². The van der Waals surface area contributed by atoms with E-state index in [-0.39, 0.29) is 12.5 Å². The van der Waals surface area contributed by atoms with Crippen molar-refractivity contribution in [3.05, 3.63) is 59.3 Å². The van der Waals surface area contributed by atoms with E-state index < -0.39 is 0 Å². The number of carbonyl (C=O) groups excluding carboxylic acids is 1. The molecule has 0 unspecified atom stereocenters. The number of carbonyl (C=O) groups is 1. The zero-order valence-electron chi connectivity index (χ0n) is 11.8. The second-order valence-electron chi connectivity index (χ2n) is 4.37. The van der Waals surface area contributed by atoms with Crippen molar-refractivity contribution in [1.82, 2.24) is 4.98 Å². The Labute approximate surface area is 123 Å². The highest BCUT2D eigenvalue weighted by atomic mass is 16.2. The number of aromatic nitrogens is 1. The molecule has 2 rings (SSSR count). The lowest BCUT2D eigenvalue weighted by molar-refractivity contribution is 0.102. The molecule has 4 nitrogen and oxygen atoms in total. The largest absolute Gasteiger partial charge is 0.384 e. The van der Waals surface area contributed by atoms with Gasteiger partial charge in [-0.25, -0.2) is 4.98 Å². The molecule has 106 valence electrons. The van der Waals surface area contributed by atoms with Crippen molar-refractivity contribution in [2.24, 2.45) is 0 Å². The zero-order chi connectivity index (χ0) is 15.1. The summed E-state index contributed by atoms with van der Waals surface area (Å²) in [6.45, 7) is 1.85. The van der Waals surface area contributed by atoms with E-state index in [2.05, 4.69) is 29.1 Å². The third-order valence-corrected chi connectivity index (χ3v) is 2.91. The third kappa shape index (κ3) is 4.16. The lowest BCUT2D eigenvalue weighted by Gasteiger charge is -2.05.